The Kier molecular flexibility index (Phi) is 6.97. The molecule has 1 fully saturated rings. The van der Waals surface area contributed by atoms with Crippen LogP contribution in [0.1, 0.15) is 45.8 Å². The Morgan fingerprint density at radius 3 is 2.29 bits per heavy atom. The van der Waals surface area contributed by atoms with Gasteiger partial charge in [0, 0.05) is 27.2 Å². The Bertz CT molecular complexity index is 1050. The van der Waals surface area contributed by atoms with Crippen molar-refractivity contribution < 1.29 is 19.7 Å². The zero-order valence-corrected chi connectivity index (χ0v) is 18.4. The van der Waals surface area contributed by atoms with Gasteiger partial charge in [0.15, 0.2) is 23.5 Å². The van der Waals surface area contributed by atoms with Gasteiger partial charge in [-0.2, -0.15) is 0 Å². The van der Waals surface area contributed by atoms with E-state index in [4.69, 9.17) is 4.74 Å². The Hall–Kier alpha value is -2.50. The molecule has 0 spiro atoms. The molecule has 3 heterocycles. The third kappa shape index (κ3) is 4.04. The molecule has 2 N–H and O–H groups in total. The Morgan fingerprint density at radius 2 is 1.71 bits per heavy atom. The summed E-state index contributed by atoms with van der Waals surface area (Å²) in [5, 5.41) is 21.0. The summed E-state index contributed by atoms with van der Waals surface area (Å²) in [5.74, 6) is -0.501. The van der Waals surface area contributed by atoms with Crippen LogP contribution in [-0.4, -0.2) is 72.1 Å². The van der Waals surface area contributed by atoms with Gasteiger partial charge >= 0.3 is 5.69 Å². The first-order valence-corrected chi connectivity index (χ1v) is 10.7. The highest BCUT2D eigenvalue weighted by atomic mass is 16.6. The number of aryl methyl sites for hydroxylation is 1. The molecule has 4 atom stereocenters. The highest BCUT2D eigenvalue weighted by Gasteiger charge is 2.48. The molecule has 1 saturated heterocycles. The van der Waals surface area contributed by atoms with Crippen LogP contribution in [0.2, 0.25) is 0 Å². The molecule has 31 heavy (non-hydrogen) atoms. The molecule has 0 unspecified atom stereocenters. The quantitative estimate of drug-likeness (QED) is 0.578. The van der Waals surface area contributed by atoms with Gasteiger partial charge in [-0.15, -0.1) is 0 Å². The number of aliphatic hydroxyl groups is 2. The minimum absolute atomic E-state index is 0.0982. The van der Waals surface area contributed by atoms with Crippen LogP contribution in [0.5, 0.6) is 0 Å². The first kappa shape index (κ1) is 23.2. The van der Waals surface area contributed by atoms with Crippen LogP contribution < -0.4 is 11.2 Å². The van der Waals surface area contributed by atoms with Crippen molar-refractivity contribution in [3.8, 4) is 0 Å². The SMILES string of the molecule is CCCCn1c(=O)c2c(ncn2[C@@H]2O[C@H](C(=O)N(C)C)[C@@H](O)[C@H]2O)n(CCCC)c1=O. The van der Waals surface area contributed by atoms with Crippen molar-refractivity contribution in [3.05, 3.63) is 27.2 Å². The van der Waals surface area contributed by atoms with E-state index in [1.807, 2.05) is 13.8 Å². The number of aliphatic hydroxyl groups excluding tert-OH is 2. The third-order valence-corrected chi connectivity index (χ3v) is 5.61. The lowest BCUT2D eigenvalue weighted by atomic mass is 10.1. The summed E-state index contributed by atoms with van der Waals surface area (Å²) in [6.07, 6.45) is -1.04. The van der Waals surface area contributed by atoms with Gasteiger partial charge in [-0.25, -0.2) is 9.78 Å². The van der Waals surface area contributed by atoms with Gasteiger partial charge in [-0.05, 0) is 12.8 Å². The maximum atomic E-state index is 13.2. The Labute approximate surface area is 179 Å². The molecule has 1 amide bonds. The van der Waals surface area contributed by atoms with Gasteiger partial charge in [0.25, 0.3) is 11.5 Å². The van der Waals surface area contributed by atoms with Crippen molar-refractivity contribution in [2.45, 2.75) is 77.2 Å². The van der Waals surface area contributed by atoms with Crippen molar-refractivity contribution in [3.63, 3.8) is 0 Å². The van der Waals surface area contributed by atoms with Crippen molar-refractivity contribution in [1.29, 1.82) is 0 Å². The number of carbonyl (C=O) groups excluding carboxylic acids is 1. The van der Waals surface area contributed by atoms with Crippen LogP contribution in [0, 0.1) is 0 Å². The summed E-state index contributed by atoms with van der Waals surface area (Å²) in [6, 6.07) is 0. The second-order valence-electron chi connectivity index (χ2n) is 8.08. The summed E-state index contributed by atoms with van der Waals surface area (Å²) < 4.78 is 9.65. The number of amides is 1. The summed E-state index contributed by atoms with van der Waals surface area (Å²) in [7, 11) is 3.03. The highest BCUT2D eigenvalue weighted by Crippen LogP contribution is 2.31. The molecule has 11 heteroatoms. The first-order chi connectivity index (χ1) is 14.7. The molecule has 0 aliphatic carbocycles. The number of likely N-dealkylation sites (N-methyl/N-ethyl adjacent to an activating group) is 1. The molecule has 1 aliphatic heterocycles. The van der Waals surface area contributed by atoms with Gasteiger partial charge in [0.1, 0.15) is 12.2 Å². The lowest BCUT2D eigenvalue weighted by molar-refractivity contribution is -0.145. The molecule has 172 valence electrons. The van der Waals surface area contributed by atoms with Crippen LogP contribution in [0.4, 0.5) is 0 Å². The van der Waals surface area contributed by atoms with E-state index < -0.39 is 41.7 Å². The predicted octanol–water partition coefficient (Wildman–Crippen LogP) is -0.333. The summed E-state index contributed by atoms with van der Waals surface area (Å²) in [6.45, 7) is 4.63. The van der Waals surface area contributed by atoms with E-state index in [-0.39, 0.29) is 17.7 Å². The van der Waals surface area contributed by atoms with E-state index in [0.717, 1.165) is 19.3 Å². The maximum Gasteiger partial charge on any atom is 0.332 e. The molecule has 3 rings (SSSR count). The zero-order valence-electron chi connectivity index (χ0n) is 18.4. The fourth-order valence-electron chi connectivity index (χ4n) is 3.78. The third-order valence-electron chi connectivity index (χ3n) is 5.61. The van der Waals surface area contributed by atoms with Crippen LogP contribution >= 0.6 is 0 Å². The van der Waals surface area contributed by atoms with E-state index in [2.05, 4.69) is 4.98 Å². The lowest BCUT2D eigenvalue weighted by Crippen LogP contribution is -2.42. The number of ether oxygens (including phenoxy) is 1. The van der Waals surface area contributed by atoms with Crippen LogP contribution in [0.15, 0.2) is 15.9 Å². The monoisotopic (exact) mass is 437 g/mol. The smallest absolute Gasteiger partial charge is 0.332 e. The van der Waals surface area contributed by atoms with Crippen LogP contribution in [-0.2, 0) is 22.6 Å². The standard InChI is InChI=1S/C20H31N5O6/c1-5-7-9-23-16-12(17(28)24(20(23)30)10-8-6-2)25(11-21-16)19-14(27)13(26)15(31-19)18(29)22(3)4/h11,13-15,19,26-27H,5-10H2,1-4H3/t13-,14+,15-,19+/m0/s1. The van der Waals surface area contributed by atoms with Crippen LogP contribution in [0.25, 0.3) is 11.2 Å². The number of rotatable bonds is 8. The van der Waals surface area contributed by atoms with Gasteiger partial charge in [-0.1, -0.05) is 26.7 Å². The number of carbonyl (C=O) groups is 1. The molecule has 2 aromatic rings. The number of nitrogens with zero attached hydrogens (tertiary/aromatic N) is 5. The molecule has 0 saturated carbocycles. The number of hydrogen-bond acceptors (Lipinski definition) is 7. The second kappa shape index (κ2) is 9.33. The molecule has 0 radical (unpaired) electrons. The molecular formula is C20H31N5O6. The van der Waals surface area contributed by atoms with Crippen LogP contribution in [0.3, 0.4) is 0 Å². The predicted molar refractivity (Wildman–Crippen MR) is 113 cm³/mol. The molecule has 0 bridgehead atoms. The summed E-state index contributed by atoms with van der Waals surface area (Å²) in [5.41, 5.74) is -0.658. The van der Waals surface area contributed by atoms with E-state index in [1.165, 1.54) is 39.0 Å². The minimum atomic E-state index is -1.47. The minimum Gasteiger partial charge on any atom is -0.387 e. The van der Waals surface area contributed by atoms with Crippen molar-refractivity contribution >= 4 is 17.1 Å². The highest BCUT2D eigenvalue weighted by molar-refractivity contribution is 5.81. The molecule has 2 aromatic heterocycles. The van der Waals surface area contributed by atoms with Gasteiger partial charge in [0.2, 0.25) is 0 Å². The molecular weight excluding hydrogens is 406 g/mol. The number of fused-ring (bicyclic) bond motifs is 1. The van der Waals surface area contributed by atoms with E-state index in [1.54, 1.807) is 0 Å². The second-order valence-corrected chi connectivity index (χ2v) is 8.08. The zero-order chi connectivity index (χ0) is 22.9. The Morgan fingerprint density at radius 1 is 1.10 bits per heavy atom. The average Bonchev–Trinajstić information content (AvgIpc) is 3.29. The fourth-order valence-corrected chi connectivity index (χ4v) is 3.78. The Balaban J connectivity index is 2.15. The van der Waals surface area contributed by atoms with Gasteiger partial charge in [0.05, 0.1) is 6.33 Å². The normalized spacial score (nSPS) is 23.5. The largest absolute Gasteiger partial charge is 0.387 e. The van der Waals surface area contributed by atoms with Crippen molar-refractivity contribution in [2.24, 2.45) is 0 Å². The van der Waals surface area contributed by atoms with Gasteiger partial charge < -0.3 is 19.8 Å². The van der Waals surface area contributed by atoms with E-state index >= 15 is 0 Å². The van der Waals surface area contributed by atoms with E-state index in [0.29, 0.717) is 13.0 Å². The van der Waals surface area contributed by atoms with Crippen molar-refractivity contribution in [2.75, 3.05) is 14.1 Å². The lowest BCUT2D eigenvalue weighted by Gasteiger charge is -2.19. The number of aromatic nitrogens is 4. The van der Waals surface area contributed by atoms with E-state index in [9.17, 15) is 24.6 Å². The molecule has 0 aromatic carbocycles. The maximum absolute atomic E-state index is 13.2. The number of imidazole rings is 1. The van der Waals surface area contributed by atoms with Crippen molar-refractivity contribution in [1.82, 2.24) is 23.6 Å². The first-order valence-electron chi connectivity index (χ1n) is 10.7. The summed E-state index contributed by atoms with van der Waals surface area (Å²) in [4.78, 5) is 44.1. The molecule has 1 aliphatic rings. The average molecular weight is 437 g/mol. The fraction of sp³-hybridized carbons (Fsp3) is 0.700. The number of hydrogen-bond donors (Lipinski definition) is 2. The summed E-state index contributed by atoms with van der Waals surface area (Å²) >= 11 is 0. The topological polar surface area (TPSA) is 132 Å². The molecule has 11 nitrogen and oxygen atoms in total. The number of unbranched alkanes of at least 4 members (excludes halogenated alkanes) is 2. The van der Waals surface area contributed by atoms with Gasteiger partial charge in [-0.3, -0.25) is 23.3 Å².